The van der Waals surface area contributed by atoms with Gasteiger partial charge in [0.15, 0.2) is 17.4 Å². The SMILES string of the molecule is NC(CC(=O)O)c1cc(F)c(F)c(F)c1O. The van der Waals surface area contributed by atoms with Gasteiger partial charge in [-0.1, -0.05) is 0 Å². The fraction of sp³-hybridized carbons (Fsp3) is 0.222. The lowest BCUT2D eigenvalue weighted by atomic mass is 10.0. The van der Waals surface area contributed by atoms with Crippen molar-refractivity contribution >= 4 is 5.97 Å². The number of phenols is 1. The molecule has 0 aromatic heterocycles. The molecule has 0 aliphatic carbocycles. The molecule has 0 aliphatic heterocycles. The van der Waals surface area contributed by atoms with Gasteiger partial charge in [0, 0.05) is 11.6 Å². The third kappa shape index (κ3) is 2.25. The Balaban J connectivity index is 3.19. The van der Waals surface area contributed by atoms with Gasteiger partial charge in [-0.3, -0.25) is 4.79 Å². The Kier molecular flexibility index (Phi) is 3.38. The van der Waals surface area contributed by atoms with Gasteiger partial charge in [0.1, 0.15) is 0 Å². The summed E-state index contributed by atoms with van der Waals surface area (Å²) in [5, 5.41) is 17.5. The third-order valence-electron chi connectivity index (χ3n) is 1.96. The van der Waals surface area contributed by atoms with E-state index in [4.69, 9.17) is 15.9 Å². The van der Waals surface area contributed by atoms with E-state index in [0.29, 0.717) is 6.07 Å². The molecule has 4 N–H and O–H groups in total. The first-order valence-electron chi connectivity index (χ1n) is 4.18. The maximum absolute atomic E-state index is 12.9. The molecule has 0 spiro atoms. The van der Waals surface area contributed by atoms with Crippen LogP contribution < -0.4 is 5.73 Å². The number of nitrogens with two attached hydrogens (primary N) is 1. The zero-order valence-electron chi connectivity index (χ0n) is 7.88. The van der Waals surface area contributed by atoms with Crippen LogP contribution in [0.1, 0.15) is 18.0 Å². The van der Waals surface area contributed by atoms with Crippen LogP contribution in [0, 0.1) is 17.5 Å². The van der Waals surface area contributed by atoms with Crippen molar-refractivity contribution in [2.75, 3.05) is 0 Å². The van der Waals surface area contributed by atoms with Gasteiger partial charge in [-0.15, -0.1) is 0 Å². The number of carboxylic acids is 1. The minimum Gasteiger partial charge on any atom is -0.505 e. The molecule has 16 heavy (non-hydrogen) atoms. The van der Waals surface area contributed by atoms with Crippen LogP contribution in [0.5, 0.6) is 5.75 Å². The van der Waals surface area contributed by atoms with Crippen molar-refractivity contribution in [2.45, 2.75) is 12.5 Å². The molecule has 0 saturated carbocycles. The number of carboxylic acid groups (broad SMARTS) is 1. The van der Waals surface area contributed by atoms with Gasteiger partial charge in [-0.25, -0.2) is 8.78 Å². The minimum absolute atomic E-state index is 0.474. The molecule has 7 heteroatoms. The zero-order chi connectivity index (χ0) is 12.5. The van der Waals surface area contributed by atoms with E-state index >= 15 is 0 Å². The average Bonchev–Trinajstić information content (AvgIpc) is 2.19. The maximum Gasteiger partial charge on any atom is 0.305 e. The van der Waals surface area contributed by atoms with Crippen LogP contribution in [0.2, 0.25) is 0 Å². The van der Waals surface area contributed by atoms with Gasteiger partial charge in [0.25, 0.3) is 0 Å². The minimum atomic E-state index is -1.83. The van der Waals surface area contributed by atoms with Crippen molar-refractivity contribution < 1.29 is 28.2 Å². The van der Waals surface area contributed by atoms with E-state index in [0.717, 1.165) is 0 Å². The molecule has 1 atom stereocenters. The number of carbonyl (C=O) groups is 1. The molecule has 1 aromatic rings. The van der Waals surface area contributed by atoms with Crippen LogP contribution in [-0.2, 0) is 4.79 Å². The first kappa shape index (κ1) is 12.3. The topological polar surface area (TPSA) is 83.6 Å². The lowest BCUT2D eigenvalue weighted by Crippen LogP contribution is -2.16. The van der Waals surface area contributed by atoms with Gasteiger partial charge < -0.3 is 15.9 Å². The van der Waals surface area contributed by atoms with Gasteiger partial charge >= 0.3 is 5.97 Å². The van der Waals surface area contributed by atoms with Gasteiger partial charge in [-0.2, -0.15) is 4.39 Å². The van der Waals surface area contributed by atoms with Crippen molar-refractivity contribution in [1.29, 1.82) is 0 Å². The van der Waals surface area contributed by atoms with E-state index < -0.39 is 47.2 Å². The average molecular weight is 235 g/mol. The predicted octanol–water partition coefficient (Wildman–Crippen LogP) is 1.28. The van der Waals surface area contributed by atoms with Crippen LogP contribution in [0.3, 0.4) is 0 Å². The Hall–Kier alpha value is -1.76. The molecular weight excluding hydrogens is 227 g/mol. The third-order valence-corrected chi connectivity index (χ3v) is 1.96. The largest absolute Gasteiger partial charge is 0.505 e. The second kappa shape index (κ2) is 4.40. The first-order chi connectivity index (χ1) is 7.34. The van der Waals surface area contributed by atoms with Gasteiger partial charge in [0.2, 0.25) is 5.82 Å². The molecule has 1 aromatic carbocycles. The van der Waals surface area contributed by atoms with Crippen molar-refractivity contribution in [3.63, 3.8) is 0 Å². The van der Waals surface area contributed by atoms with E-state index in [2.05, 4.69) is 0 Å². The van der Waals surface area contributed by atoms with Crippen LogP contribution in [-0.4, -0.2) is 16.2 Å². The van der Waals surface area contributed by atoms with E-state index in [1.807, 2.05) is 0 Å². The van der Waals surface area contributed by atoms with E-state index in [1.54, 1.807) is 0 Å². The number of hydrogen-bond acceptors (Lipinski definition) is 3. The number of aromatic hydroxyl groups is 1. The standard InChI is InChI=1S/C9H8F3NO3/c10-4-1-3(5(13)2-6(14)15)9(16)8(12)7(4)11/h1,5,16H,2,13H2,(H,14,15). The highest BCUT2D eigenvalue weighted by molar-refractivity contribution is 5.68. The fourth-order valence-corrected chi connectivity index (χ4v) is 1.18. The first-order valence-corrected chi connectivity index (χ1v) is 4.18. The van der Waals surface area contributed by atoms with Crippen LogP contribution in [0.25, 0.3) is 0 Å². The van der Waals surface area contributed by atoms with Crippen LogP contribution >= 0.6 is 0 Å². The monoisotopic (exact) mass is 235 g/mol. The number of aliphatic carboxylic acids is 1. The molecule has 4 nitrogen and oxygen atoms in total. The number of rotatable bonds is 3. The van der Waals surface area contributed by atoms with Gasteiger partial charge in [-0.05, 0) is 6.07 Å². The summed E-state index contributed by atoms with van der Waals surface area (Å²) in [6, 6.07) is -0.844. The molecule has 0 aliphatic rings. The molecule has 1 unspecified atom stereocenters. The van der Waals surface area contributed by atoms with Crippen molar-refractivity contribution in [3.05, 3.63) is 29.1 Å². The van der Waals surface area contributed by atoms with E-state index in [-0.39, 0.29) is 0 Å². The fourth-order valence-electron chi connectivity index (χ4n) is 1.18. The molecule has 0 heterocycles. The lowest BCUT2D eigenvalue weighted by molar-refractivity contribution is -0.137. The molecule has 0 fully saturated rings. The Labute approximate surface area is 88.1 Å². The maximum atomic E-state index is 12.9. The van der Waals surface area contributed by atoms with Crippen molar-refractivity contribution in [1.82, 2.24) is 0 Å². The number of phenolic OH excluding ortho intramolecular Hbond substituents is 1. The molecule has 0 radical (unpaired) electrons. The van der Waals surface area contributed by atoms with Crippen LogP contribution in [0.4, 0.5) is 13.2 Å². The molecule has 88 valence electrons. The molecule has 0 amide bonds. The summed E-state index contributed by atoms with van der Waals surface area (Å²) in [6.45, 7) is 0. The van der Waals surface area contributed by atoms with E-state index in [1.165, 1.54) is 0 Å². The smallest absolute Gasteiger partial charge is 0.305 e. The molecule has 1 rings (SSSR count). The molecule has 0 bridgehead atoms. The lowest BCUT2D eigenvalue weighted by Gasteiger charge is -2.12. The highest BCUT2D eigenvalue weighted by Gasteiger charge is 2.22. The number of hydrogen-bond donors (Lipinski definition) is 3. The second-order valence-electron chi connectivity index (χ2n) is 3.13. The van der Waals surface area contributed by atoms with E-state index in [9.17, 15) is 18.0 Å². The quantitative estimate of drug-likeness (QED) is 0.689. The normalized spacial score (nSPS) is 12.5. The predicted molar refractivity (Wildman–Crippen MR) is 47.2 cm³/mol. The molecule has 0 saturated heterocycles. The summed E-state index contributed by atoms with van der Waals surface area (Å²) >= 11 is 0. The molecular formula is C9H8F3NO3. The number of halogens is 3. The van der Waals surface area contributed by atoms with Gasteiger partial charge in [0.05, 0.1) is 6.42 Å². The Morgan fingerprint density at radius 2 is 1.94 bits per heavy atom. The summed E-state index contributed by atoms with van der Waals surface area (Å²) in [6.07, 6.45) is -0.641. The Bertz CT molecular complexity index is 436. The highest BCUT2D eigenvalue weighted by atomic mass is 19.2. The Morgan fingerprint density at radius 3 is 2.44 bits per heavy atom. The summed E-state index contributed by atoms with van der Waals surface area (Å²) < 4.78 is 38.3. The van der Waals surface area contributed by atoms with Crippen molar-refractivity contribution in [2.24, 2.45) is 5.73 Å². The Morgan fingerprint density at radius 1 is 1.38 bits per heavy atom. The summed E-state index contributed by atoms with van der Waals surface area (Å²) in [5.41, 5.74) is 4.80. The zero-order valence-corrected chi connectivity index (χ0v) is 7.88. The number of benzene rings is 1. The van der Waals surface area contributed by atoms with Crippen LogP contribution in [0.15, 0.2) is 6.07 Å². The summed E-state index contributed by atoms with van der Waals surface area (Å²) in [4.78, 5) is 10.3. The second-order valence-corrected chi connectivity index (χ2v) is 3.13. The summed E-state index contributed by atoms with van der Waals surface area (Å²) in [7, 11) is 0. The van der Waals surface area contributed by atoms with Crippen molar-refractivity contribution in [3.8, 4) is 5.75 Å². The highest BCUT2D eigenvalue weighted by Crippen LogP contribution is 2.30. The summed E-state index contributed by atoms with van der Waals surface area (Å²) in [5.74, 6) is -7.63.